The van der Waals surface area contributed by atoms with Gasteiger partial charge in [0.1, 0.15) is 17.4 Å². The van der Waals surface area contributed by atoms with Crippen LogP contribution in [-0.2, 0) is 43.3 Å². The molecule has 15 heteroatoms. The highest BCUT2D eigenvalue weighted by Gasteiger charge is 2.23. The summed E-state index contributed by atoms with van der Waals surface area (Å²) in [5.74, 6) is -1.90. The van der Waals surface area contributed by atoms with Crippen LogP contribution < -0.4 is 24.8 Å². The number of carbonyl (C=O) groups excluding carboxylic acids is 1. The lowest BCUT2D eigenvalue weighted by molar-refractivity contribution is -0.129. The third-order valence-corrected chi connectivity index (χ3v) is 7.70. The van der Waals surface area contributed by atoms with Gasteiger partial charge < -0.3 is 10.1 Å². The molecule has 0 aromatic heterocycles. The van der Waals surface area contributed by atoms with E-state index >= 15 is 0 Å². The second-order valence-corrected chi connectivity index (χ2v) is 15.2. The lowest BCUT2D eigenvalue weighted by atomic mass is 9.87. The first-order chi connectivity index (χ1) is 19.8. The number of sulfonamides is 2. The molecule has 1 atom stereocenters. The largest absolute Gasteiger partial charge is 0.465 e. The van der Waals surface area contributed by atoms with E-state index in [1.165, 1.54) is 24.3 Å². The number of rotatable bonds is 12. The number of amides is 1. The van der Waals surface area contributed by atoms with E-state index in [4.69, 9.17) is 4.74 Å². The Morgan fingerprint density at radius 1 is 0.837 bits per heavy atom. The zero-order valence-corrected chi connectivity index (χ0v) is 27.3. The van der Waals surface area contributed by atoms with Crippen LogP contribution in [0.1, 0.15) is 37.5 Å². The van der Waals surface area contributed by atoms with Crippen LogP contribution in [-0.4, -0.2) is 41.5 Å². The Kier molecular flexibility index (Phi) is 10.8. The summed E-state index contributed by atoms with van der Waals surface area (Å²) >= 11 is 3.49. The van der Waals surface area contributed by atoms with Crippen molar-refractivity contribution >= 4 is 53.3 Å². The molecule has 1 amide bonds. The summed E-state index contributed by atoms with van der Waals surface area (Å²) in [5.41, 5.74) is 1.19. The van der Waals surface area contributed by atoms with E-state index in [1.54, 1.807) is 6.07 Å². The molecule has 3 aromatic carbocycles. The number of benzene rings is 3. The molecule has 0 saturated carbocycles. The predicted octanol–water partition coefficient (Wildman–Crippen LogP) is 4.58. The zero-order valence-electron chi connectivity index (χ0n) is 24.1. The number of nitrogens with one attached hydrogen (secondary N) is 4. The quantitative estimate of drug-likeness (QED) is 0.203. The summed E-state index contributed by atoms with van der Waals surface area (Å²) in [7, 11) is -7.36. The highest BCUT2D eigenvalue weighted by atomic mass is 79.9. The first kappa shape index (κ1) is 34.2. The lowest BCUT2D eigenvalue weighted by Crippen LogP contribution is -2.47. The van der Waals surface area contributed by atoms with Gasteiger partial charge in [0, 0.05) is 13.1 Å². The summed E-state index contributed by atoms with van der Waals surface area (Å²) in [6, 6.07) is 13.1. The van der Waals surface area contributed by atoms with Crippen molar-refractivity contribution in [2.75, 3.05) is 22.0 Å². The Bertz CT molecular complexity index is 1710. The number of carbonyl (C=O) groups is 1. The molecular weight excluding hydrogens is 670 g/mol. The average Bonchev–Trinajstić information content (AvgIpc) is 2.86. The summed E-state index contributed by atoms with van der Waals surface area (Å²) in [5, 5.41) is 5.58. The molecule has 3 aromatic rings. The van der Waals surface area contributed by atoms with Crippen molar-refractivity contribution in [1.29, 1.82) is 0 Å². The van der Waals surface area contributed by atoms with E-state index in [0.717, 1.165) is 30.2 Å². The van der Waals surface area contributed by atoms with Gasteiger partial charge >= 0.3 is 0 Å². The van der Waals surface area contributed by atoms with Gasteiger partial charge in [0.2, 0.25) is 26.3 Å². The summed E-state index contributed by atoms with van der Waals surface area (Å²) in [6.07, 6.45) is 0.520. The van der Waals surface area contributed by atoms with Crippen LogP contribution in [0.2, 0.25) is 0 Å². The molecule has 234 valence electrons. The van der Waals surface area contributed by atoms with E-state index in [9.17, 15) is 30.4 Å². The summed E-state index contributed by atoms with van der Waals surface area (Å²) in [4.78, 5) is 13.2. The summed E-state index contributed by atoms with van der Waals surface area (Å²) in [6.45, 7) is 6.01. The van der Waals surface area contributed by atoms with Crippen molar-refractivity contribution in [3.8, 4) is 5.75 Å². The second-order valence-electron chi connectivity index (χ2n) is 10.9. The van der Waals surface area contributed by atoms with Crippen LogP contribution in [0, 0.1) is 11.6 Å². The van der Waals surface area contributed by atoms with Crippen molar-refractivity contribution < 1.29 is 35.1 Å². The van der Waals surface area contributed by atoms with E-state index < -0.39 is 43.8 Å². The highest BCUT2D eigenvalue weighted by Crippen LogP contribution is 2.32. The second kappa shape index (κ2) is 13.6. The smallest absolute Gasteiger partial charge is 0.276 e. The van der Waals surface area contributed by atoms with Crippen molar-refractivity contribution in [3.05, 3.63) is 87.4 Å². The maximum atomic E-state index is 14.5. The minimum atomic E-state index is -3.68. The number of hydrogen-bond donors (Lipinski definition) is 4. The number of ether oxygens (including phenoxy) is 1. The first-order valence-corrected chi connectivity index (χ1v) is 17.4. The fourth-order valence-electron chi connectivity index (χ4n) is 3.77. The molecule has 0 saturated heterocycles. The Balaban J connectivity index is 1.79. The third-order valence-electron chi connectivity index (χ3n) is 5.90. The van der Waals surface area contributed by atoms with Gasteiger partial charge in [-0.2, -0.15) is 0 Å². The van der Waals surface area contributed by atoms with Gasteiger partial charge in [-0.3, -0.25) is 19.6 Å². The van der Waals surface area contributed by atoms with Crippen LogP contribution in [0.25, 0.3) is 0 Å². The van der Waals surface area contributed by atoms with E-state index in [1.807, 2.05) is 12.1 Å². The molecule has 0 aliphatic rings. The standard InChI is InChI=1S/C28H33BrF2N4O6S2/c1-28(2,3)19-8-11-25(20(29)14-19)41-27(33-16-18-7-10-24(22(31)13-18)35-43(5,39)40)26(36)32-15-17-6-9-23(21(30)12-17)34-42(4,37)38/h6-14,27,33-35H,15-16H2,1-5H3,(H,32,36). The average molecular weight is 704 g/mol. The van der Waals surface area contributed by atoms with Gasteiger partial charge in [-0.25, -0.2) is 25.6 Å². The molecule has 0 fully saturated rings. The van der Waals surface area contributed by atoms with Gasteiger partial charge in [0.25, 0.3) is 5.91 Å². The Morgan fingerprint density at radius 3 is 1.79 bits per heavy atom. The van der Waals surface area contributed by atoms with Crippen molar-refractivity contribution in [3.63, 3.8) is 0 Å². The van der Waals surface area contributed by atoms with Gasteiger partial charge in [0.05, 0.1) is 28.4 Å². The molecule has 10 nitrogen and oxygen atoms in total. The molecule has 0 aliphatic heterocycles. The number of hydrogen-bond acceptors (Lipinski definition) is 7. The molecule has 3 rings (SSSR count). The minimum Gasteiger partial charge on any atom is -0.465 e. The minimum absolute atomic E-state index is 0.0354. The highest BCUT2D eigenvalue weighted by molar-refractivity contribution is 9.10. The van der Waals surface area contributed by atoms with Gasteiger partial charge in [0.15, 0.2) is 0 Å². The van der Waals surface area contributed by atoms with Gasteiger partial charge in [-0.1, -0.05) is 39.0 Å². The molecule has 0 spiro atoms. The monoisotopic (exact) mass is 702 g/mol. The van der Waals surface area contributed by atoms with E-state index in [2.05, 4.69) is 56.8 Å². The van der Waals surface area contributed by atoms with E-state index in [0.29, 0.717) is 21.3 Å². The van der Waals surface area contributed by atoms with Crippen molar-refractivity contribution in [2.45, 2.75) is 45.5 Å². The first-order valence-electron chi connectivity index (χ1n) is 12.8. The summed E-state index contributed by atoms with van der Waals surface area (Å²) < 4.78 is 85.4. The van der Waals surface area contributed by atoms with Gasteiger partial charge in [-0.15, -0.1) is 0 Å². The number of halogens is 3. The topological polar surface area (TPSA) is 143 Å². The maximum Gasteiger partial charge on any atom is 0.276 e. The van der Waals surface area contributed by atoms with Crippen LogP contribution >= 0.6 is 15.9 Å². The molecule has 1 unspecified atom stereocenters. The maximum absolute atomic E-state index is 14.5. The molecule has 0 radical (unpaired) electrons. The Morgan fingerprint density at radius 2 is 1.35 bits per heavy atom. The van der Waals surface area contributed by atoms with E-state index in [-0.39, 0.29) is 29.9 Å². The van der Waals surface area contributed by atoms with Crippen LogP contribution in [0.3, 0.4) is 0 Å². The van der Waals surface area contributed by atoms with Crippen molar-refractivity contribution in [2.24, 2.45) is 0 Å². The predicted molar refractivity (Wildman–Crippen MR) is 166 cm³/mol. The molecule has 0 bridgehead atoms. The molecule has 0 heterocycles. The van der Waals surface area contributed by atoms with Gasteiger partial charge in [-0.05, 0) is 74.4 Å². The molecule has 43 heavy (non-hydrogen) atoms. The molecule has 4 N–H and O–H groups in total. The van der Waals surface area contributed by atoms with Crippen molar-refractivity contribution in [1.82, 2.24) is 10.6 Å². The number of anilines is 2. The van der Waals surface area contributed by atoms with Crippen LogP contribution in [0.4, 0.5) is 20.2 Å². The van der Waals surface area contributed by atoms with Crippen LogP contribution in [0.5, 0.6) is 5.75 Å². The van der Waals surface area contributed by atoms with Crippen LogP contribution in [0.15, 0.2) is 59.1 Å². The lowest BCUT2D eigenvalue weighted by Gasteiger charge is -2.23. The normalized spacial score (nSPS) is 12.8. The molecular formula is C28H33BrF2N4O6S2. The fourth-order valence-corrected chi connectivity index (χ4v) is 5.37. The Hall–Kier alpha value is -3.27. The third kappa shape index (κ3) is 10.7. The zero-order chi connectivity index (χ0) is 32.2. The Labute approximate surface area is 258 Å². The SMILES string of the molecule is CC(C)(C)c1ccc(OC(NCc2ccc(NS(C)(=O)=O)c(F)c2)C(=O)NCc2ccc(NS(C)(=O)=O)c(F)c2)c(Br)c1. The fraction of sp³-hybridized carbons (Fsp3) is 0.321. The molecule has 0 aliphatic carbocycles.